The van der Waals surface area contributed by atoms with Gasteiger partial charge in [-0.1, -0.05) is 6.07 Å². The van der Waals surface area contributed by atoms with Crippen LogP contribution in [0.1, 0.15) is 5.56 Å². The molecule has 1 N–H and O–H groups in total. The van der Waals surface area contributed by atoms with Crippen molar-refractivity contribution in [2.24, 2.45) is 0 Å². The summed E-state index contributed by atoms with van der Waals surface area (Å²) in [6, 6.07) is 4.30. The predicted octanol–water partition coefficient (Wildman–Crippen LogP) is 2.77. The number of benzene rings is 1. The maximum atomic E-state index is 12.7. The Bertz CT molecular complexity index is 537. The molecule has 0 spiro atoms. The molecule has 0 aliphatic carbocycles. The molecular weight excluding hydrogens is 269 g/mol. The minimum Gasteiger partial charge on any atom is -0.478 e. The van der Waals surface area contributed by atoms with Crippen molar-refractivity contribution in [1.82, 2.24) is 0 Å². The Morgan fingerprint density at radius 3 is 2.61 bits per heavy atom. The van der Waals surface area contributed by atoms with Crippen LogP contribution in [0.25, 0.3) is 6.08 Å². The van der Waals surface area contributed by atoms with Crippen LogP contribution in [0.2, 0.25) is 0 Å². The Morgan fingerprint density at radius 1 is 1.39 bits per heavy atom. The first kappa shape index (κ1) is 12.8. The lowest BCUT2D eigenvalue weighted by Crippen LogP contribution is -2.40. The van der Waals surface area contributed by atoms with Crippen LogP contribution in [0.15, 0.2) is 28.7 Å². The second-order valence-corrected chi connectivity index (χ2v) is 4.18. The minimum absolute atomic E-state index is 0.0326. The van der Waals surface area contributed by atoms with E-state index in [4.69, 9.17) is 9.84 Å². The summed E-state index contributed by atoms with van der Waals surface area (Å²) < 4.78 is 42.8. The van der Waals surface area contributed by atoms with Crippen LogP contribution in [0.4, 0.5) is 13.2 Å². The number of carboxylic acid groups (broad SMARTS) is 1. The molecule has 3 nitrogen and oxygen atoms in total. The van der Waals surface area contributed by atoms with Crippen molar-refractivity contribution in [1.29, 1.82) is 0 Å². The third-order valence-corrected chi connectivity index (χ3v) is 2.66. The van der Waals surface area contributed by atoms with E-state index in [0.29, 0.717) is 4.90 Å². The normalized spacial score (nSPS) is 18.7. The zero-order valence-corrected chi connectivity index (χ0v) is 9.63. The third kappa shape index (κ3) is 2.31. The van der Waals surface area contributed by atoms with Gasteiger partial charge in [0.25, 0.3) is 0 Å². The number of halogens is 3. The maximum Gasteiger partial charge on any atom is 0.430 e. The largest absolute Gasteiger partial charge is 0.478 e. The highest BCUT2D eigenvalue weighted by Crippen LogP contribution is 2.37. The number of thiol groups is 1. The lowest BCUT2D eigenvalue weighted by atomic mass is 10.0. The lowest BCUT2D eigenvalue weighted by Gasteiger charge is -2.27. The molecular formula is C11H7F3O3S. The highest BCUT2D eigenvalue weighted by molar-refractivity contribution is 7.80. The summed E-state index contributed by atoms with van der Waals surface area (Å²) in [5, 5.41) is 8.79. The molecule has 96 valence electrons. The molecule has 0 saturated carbocycles. The minimum atomic E-state index is -4.78. The number of carboxylic acids is 1. The molecule has 18 heavy (non-hydrogen) atoms. The molecule has 0 saturated heterocycles. The van der Waals surface area contributed by atoms with Crippen molar-refractivity contribution in [2.75, 3.05) is 0 Å². The fraction of sp³-hybridized carbons (Fsp3) is 0.182. The van der Waals surface area contributed by atoms with Crippen LogP contribution in [0.3, 0.4) is 0 Å². The van der Waals surface area contributed by atoms with Crippen molar-refractivity contribution in [3.63, 3.8) is 0 Å². The molecule has 0 fully saturated rings. The van der Waals surface area contributed by atoms with Gasteiger partial charge in [0.2, 0.25) is 6.10 Å². The fourth-order valence-electron chi connectivity index (χ4n) is 1.60. The molecule has 1 aliphatic heterocycles. The fourth-order valence-corrected chi connectivity index (χ4v) is 1.79. The highest BCUT2D eigenvalue weighted by Gasteiger charge is 2.48. The predicted molar refractivity (Wildman–Crippen MR) is 59.8 cm³/mol. The van der Waals surface area contributed by atoms with Gasteiger partial charge < -0.3 is 9.84 Å². The van der Waals surface area contributed by atoms with E-state index < -0.39 is 23.8 Å². The van der Waals surface area contributed by atoms with E-state index in [1.165, 1.54) is 18.2 Å². The van der Waals surface area contributed by atoms with Gasteiger partial charge in [-0.05, 0) is 18.2 Å². The zero-order chi connectivity index (χ0) is 13.5. The summed E-state index contributed by atoms with van der Waals surface area (Å²) in [5.41, 5.74) is -0.549. The molecule has 1 atom stereocenters. The number of rotatable bonds is 1. The van der Waals surface area contributed by atoms with Crippen molar-refractivity contribution < 1.29 is 27.8 Å². The van der Waals surface area contributed by atoms with E-state index >= 15 is 0 Å². The molecule has 0 radical (unpaired) electrons. The molecule has 0 amide bonds. The van der Waals surface area contributed by atoms with Gasteiger partial charge in [0.15, 0.2) is 0 Å². The molecule has 7 heteroatoms. The molecule has 1 unspecified atom stereocenters. The smallest absolute Gasteiger partial charge is 0.430 e. The first-order chi connectivity index (χ1) is 8.29. The summed E-state index contributed by atoms with van der Waals surface area (Å²) in [7, 11) is 0. The second kappa shape index (κ2) is 4.24. The van der Waals surface area contributed by atoms with Crippen LogP contribution in [-0.2, 0) is 4.79 Å². The summed E-state index contributed by atoms with van der Waals surface area (Å²) in [6.07, 6.45) is -6.28. The first-order valence-corrected chi connectivity index (χ1v) is 5.25. The molecule has 1 aromatic carbocycles. The van der Waals surface area contributed by atoms with E-state index in [1.54, 1.807) is 0 Å². The monoisotopic (exact) mass is 276 g/mol. The van der Waals surface area contributed by atoms with E-state index in [2.05, 4.69) is 12.6 Å². The van der Waals surface area contributed by atoms with Crippen LogP contribution in [-0.4, -0.2) is 23.4 Å². The zero-order valence-electron chi connectivity index (χ0n) is 8.73. The SMILES string of the molecule is O=C(O)C1=Cc2ccc(S)cc2OC1C(F)(F)F. The summed E-state index contributed by atoms with van der Waals surface area (Å²) in [4.78, 5) is 11.3. The quantitative estimate of drug-likeness (QED) is 0.775. The molecule has 0 bridgehead atoms. The molecule has 1 heterocycles. The second-order valence-electron chi connectivity index (χ2n) is 3.67. The van der Waals surface area contributed by atoms with Crippen molar-refractivity contribution in [3.05, 3.63) is 29.3 Å². The number of carbonyl (C=O) groups is 1. The number of ether oxygens (including phenoxy) is 1. The van der Waals surface area contributed by atoms with Crippen molar-refractivity contribution in [3.8, 4) is 5.75 Å². The van der Waals surface area contributed by atoms with Gasteiger partial charge in [0.1, 0.15) is 5.75 Å². The third-order valence-electron chi connectivity index (χ3n) is 2.38. The van der Waals surface area contributed by atoms with Gasteiger partial charge in [0, 0.05) is 10.5 Å². The number of aliphatic carboxylic acids is 1. The summed E-state index contributed by atoms with van der Waals surface area (Å²) in [6.45, 7) is 0. The standard InChI is InChI=1S/C11H7F3O3S/c12-11(13,14)9-7(10(15)16)3-5-1-2-6(18)4-8(5)17-9/h1-4,9,18H,(H,15,16). The molecule has 2 rings (SSSR count). The lowest BCUT2D eigenvalue weighted by molar-refractivity contribution is -0.187. The van der Waals surface area contributed by atoms with Crippen molar-refractivity contribution in [2.45, 2.75) is 17.2 Å². The van der Waals surface area contributed by atoms with Crippen molar-refractivity contribution >= 4 is 24.7 Å². The van der Waals surface area contributed by atoms with Gasteiger partial charge in [-0.3, -0.25) is 0 Å². The van der Waals surface area contributed by atoms with E-state index in [1.807, 2.05) is 0 Å². The Morgan fingerprint density at radius 2 is 2.06 bits per heavy atom. The molecule has 1 aromatic rings. The van der Waals surface area contributed by atoms with Crippen LogP contribution >= 0.6 is 12.6 Å². The summed E-state index contributed by atoms with van der Waals surface area (Å²) >= 11 is 3.99. The Hall–Kier alpha value is -1.63. The highest BCUT2D eigenvalue weighted by atomic mass is 32.1. The van der Waals surface area contributed by atoms with Crippen LogP contribution in [0.5, 0.6) is 5.75 Å². The van der Waals surface area contributed by atoms with Crippen LogP contribution < -0.4 is 4.74 Å². The van der Waals surface area contributed by atoms with Gasteiger partial charge in [-0.2, -0.15) is 13.2 Å². The first-order valence-electron chi connectivity index (χ1n) is 4.80. The average Bonchev–Trinajstić information content (AvgIpc) is 2.25. The Labute approximate surface area is 105 Å². The Kier molecular flexibility index (Phi) is 3.02. The number of hydrogen-bond acceptors (Lipinski definition) is 3. The van der Waals surface area contributed by atoms with E-state index in [0.717, 1.165) is 6.08 Å². The molecule has 0 aromatic heterocycles. The maximum absolute atomic E-state index is 12.7. The van der Waals surface area contributed by atoms with Gasteiger partial charge in [0.05, 0.1) is 5.57 Å². The number of hydrogen-bond donors (Lipinski definition) is 2. The average molecular weight is 276 g/mol. The van der Waals surface area contributed by atoms with E-state index in [9.17, 15) is 18.0 Å². The molecule has 1 aliphatic rings. The van der Waals surface area contributed by atoms with Gasteiger partial charge in [-0.25, -0.2) is 4.79 Å². The topological polar surface area (TPSA) is 46.5 Å². The number of alkyl halides is 3. The van der Waals surface area contributed by atoms with E-state index in [-0.39, 0.29) is 11.3 Å². The van der Waals surface area contributed by atoms with Crippen LogP contribution in [0, 0.1) is 0 Å². The summed E-state index contributed by atoms with van der Waals surface area (Å²) in [5.74, 6) is -1.69. The van der Waals surface area contributed by atoms with Gasteiger partial charge in [-0.15, -0.1) is 12.6 Å². The van der Waals surface area contributed by atoms with Gasteiger partial charge >= 0.3 is 12.1 Å². The Balaban J connectivity index is 2.53. The number of fused-ring (bicyclic) bond motifs is 1.